The number of imidazole rings is 1. The second kappa shape index (κ2) is 4.59. The fourth-order valence-electron chi connectivity index (χ4n) is 5.58. The molecule has 20 heavy (non-hydrogen) atoms. The highest BCUT2D eigenvalue weighted by atomic mass is 15.1. The molecular formula is C17H27N3. The van der Waals surface area contributed by atoms with Gasteiger partial charge in [-0.15, -0.1) is 0 Å². The van der Waals surface area contributed by atoms with Gasteiger partial charge in [0, 0.05) is 24.7 Å². The van der Waals surface area contributed by atoms with Crippen LogP contribution in [0, 0.1) is 23.7 Å². The van der Waals surface area contributed by atoms with E-state index in [9.17, 15) is 0 Å². The molecule has 4 saturated carbocycles. The van der Waals surface area contributed by atoms with Crippen molar-refractivity contribution in [2.24, 2.45) is 29.4 Å². The Balaban J connectivity index is 1.72. The SMILES string of the molecule is CC(C)c1nc(CN)cn1C1C2CC3CC(C2)CC1C3. The normalized spacial score (nSPS) is 38.9. The molecule has 3 nitrogen and oxygen atoms in total. The molecule has 0 aromatic carbocycles. The van der Waals surface area contributed by atoms with Gasteiger partial charge in [-0.1, -0.05) is 13.8 Å². The van der Waals surface area contributed by atoms with Crippen LogP contribution >= 0.6 is 0 Å². The second-order valence-corrected chi connectivity index (χ2v) is 7.78. The van der Waals surface area contributed by atoms with E-state index in [4.69, 9.17) is 10.7 Å². The van der Waals surface area contributed by atoms with Gasteiger partial charge in [-0.25, -0.2) is 4.98 Å². The zero-order valence-electron chi connectivity index (χ0n) is 12.8. The average Bonchev–Trinajstić information content (AvgIpc) is 2.81. The Kier molecular flexibility index (Phi) is 2.95. The third kappa shape index (κ3) is 1.86. The molecule has 0 atom stereocenters. The van der Waals surface area contributed by atoms with E-state index in [2.05, 4.69) is 24.6 Å². The fourth-order valence-corrected chi connectivity index (χ4v) is 5.58. The van der Waals surface area contributed by atoms with Gasteiger partial charge in [0.15, 0.2) is 0 Å². The van der Waals surface area contributed by atoms with E-state index >= 15 is 0 Å². The Hall–Kier alpha value is -0.830. The molecule has 1 aromatic heterocycles. The summed E-state index contributed by atoms with van der Waals surface area (Å²) in [5, 5.41) is 0. The predicted molar refractivity (Wildman–Crippen MR) is 80.3 cm³/mol. The minimum Gasteiger partial charge on any atom is -0.331 e. The highest BCUT2D eigenvalue weighted by molar-refractivity contribution is 5.12. The van der Waals surface area contributed by atoms with E-state index in [1.54, 1.807) is 0 Å². The topological polar surface area (TPSA) is 43.8 Å². The van der Waals surface area contributed by atoms with Crippen molar-refractivity contribution in [1.82, 2.24) is 9.55 Å². The molecule has 1 aromatic rings. The molecule has 0 aliphatic heterocycles. The van der Waals surface area contributed by atoms with Gasteiger partial charge in [0.05, 0.1) is 5.69 Å². The maximum absolute atomic E-state index is 5.83. The van der Waals surface area contributed by atoms with Crippen molar-refractivity contribution in [3.05, 3.63) is 17.7 Å². The van der Waals surface area contributed by atoms with E-state index in [0.29, 0.717) is 18.5 Å². The molecule has 2 N–H and O–H groups in total. The van der Waals surface area contributed by atoms with Crippen LogP contribution in [0.1, 0.15) is 69.4 Å². The number of nitrogens with zero attached hydrogens (tertiary/aromatic N) is 2. The Morgan fingerprint density at radius 1 is 1.15 bits per heavy atom. The van der Waals surface area contributed by atoms with Gasteiger partial charge in [-0.3, -0.25) is 0 Å². The first-order chi connectivity index (χ1) is 9.65. The molecular weight excluding hydrogens is 246 g/mol. The van der Waals surface area contributed by atoms with Crippen LogP contribution in [0.25, 0.3) is 0 Å². The van der Waals surface area contributed by atoms with Crippen molar-refractivity contribution in [3.63, 3.8) is 0 Å². The molecule has 0 saturated heterocycles. The highest BCUT2D eigenvalue weighted by Crippen LogP contribution is 2.58. The van der Waals surface area contributed by atoms with Crippen molar-refractivity contribution < 1.29 is 0 Å². The number of hydrogen-bond acceptors (Lipinski definition) is 2. The van der Waals surface area contributed by atoms with Crippen molar-refractivity contribution in [2.45, 2.75) is 64.5 Å². The summed E-state index contributed by atoms with van der Waals surface area (Å²) in [5.74, 6) is 5.64. The standard InChI is InChI=1S/C17H27N3/c1-10(2)17-19-15(8-18)9-20(17)16-13-4-11-3-12(6-13)7-14(16)5-11/h9-14,16H,3-8,18H2,1-2H3. The fraction of sp³-hybridized carbons (Fsp3) is 0.824. The zero-order chi connectivity index (χ0) is 13.9. The molecule has 0 unspecified atom stereocenters. The molecule has 4 fully saturated rings. The molecule has 0 amide bonds. The van der Waals surface area contributed by atoms with Crippen molar-refractivity contribution in [2.75, 3.05) is 0 Å². The highest BCUT2D eigenvalue weighted by Gasteiger charge is 2.49. The average molecular weight is 273 g/mol. The predicted octanol–water partition coefficient (Wildman–Crippen LogP) is 3.46. The van der Waals surface area contributed by atoms with E-state index in [1.807, 2.05) is 0 Å². The molecule has 5 rings (SSSR count). The summed E-state index contributed by atoms with van der Waals surface area (Å²) in [6.45, 7) is 5.09. The summed E-state index contributed by atoms with van der Waals surface area (Å²) < 4.78 is 2.54. The first kappa shape index (κ1) is 12.9. The quantitative estimate of drug-likeness (QED) is 0.916. The van der Waals surface area contributed by atoms with Crippen LogP contribution in [0.3, 0.4) is 0 Å². The first-order valence-corrected chi connectivity index (χ1v) is 8.43. The minimum atomic E-state index is 0.493. The summed E-state index contributed by atoms with van der Waals surface area (Å²) in [7, 11) is 0. The summed E-state index contributed by atoms with van der Waals surface area (Å²) in [6.07, 6.45) is 9.64. The summed E-state index contributed by atoms with van der Waals surface area (Å²) in [5.41, 5.74) is 6.90. The maximum atomic E-state index is 5.83. The molecule has 4 bridgehead atoms. The molecule has 0 spiro atoms. The lowest BCUT2D eigenvalue weighted by atomic mass is 9.54. The molecule has 1 heterocycles. The number of rotatable bonds is 3. The summed E-state index contributed by atoms with van der Waals surface area (Å²) in [4.78, 5) is 4.80. The van der Waals surface area contributed by atoms with Crippen LogP contribution in [0.4, 0.5) is 0 Å². The first-order valence-electron chi connectivity index (χ1n) is 8.43. The third-order valence-corrected chi connectivity index (χ3v) is 6.03. The Bertz CT molecular complexity index is 474. The third-order valence-electron chi connectivity index (χ3n) is 6.03. The lowest BCUT2D eigenvalue weighted by molar-refractivity contribution is -0.0303. The number of aromatic nitrogens is 2. The summed E-state index contributed by atoms with van der Waals surface area (Å²) in [6, 6.07) is 0.716. The molecule has 4 aliphatic carbocycles. The van der Waals surface area contributed by atoms with Crippen LogP contribution in [0.2, 0.25) is 0 Å². The van der Waals surface area contributed by atoms with Gasteiger partial charge in [0.2, 0.25) is 0 Å². The van der Waals surface area contributed by atoms with Crippen LogP contribution in [0.15, 0.2) is 6.20 Å². The Morgan fingerprint density at radius 3 is 2.25 bits per heavy atom. The van der Waals surface area contributed by atoms with Crippen LogP contribution in [-0.4, -0.2) is 9.55 Å². The van der Waals surface area contributed by atoms with Crippen molar-refractivity contribution >= 4 is 0 Å². The van der Waals surface area contributed by atoms with Gasteiger partial charge in [0.1, 0.15) is 5.82 Å². The monoisotopic (exact) mass is 273 g/mol. The van der Waals surface area contributed by atoms with E-state index in [0.717, 1.165) is 29.4 Å². The maximum Gasteiger partial charge on any atom is 0.111 e. The number of nitrogens with two attached hydrogens (primary N) is 1. The molecule has 4 aliphatic rings. The second-order valence-electron chi connectivity index (χ2n) is 7.78. The van der Waals surface area contributed by atoms with Crippen LogP contribution < -0.4 is 5.73 Å². The van der Waals surface area contributed by atoms with Gasteiger partial charge < -0.3 is 10.3 Å². The Labute approximate surface area is 122 Å². The van der Waals surface area contributed by atoms with E-state index in [-0.39, 0.29) is 0 Å². The lowest BCUT2D eigenvalue weighted by Gasteiger charge is -2.55. The van der Waals surface area contributed by atoms with Crippen molar-refractivity contribution in [1.29, 1.82) is 0 Å². The number of hydrogen-bond donors (Lipinski definition) is 1. The zero-order valence-corrected chi connectivity index (χ0v) is 12.8. The summed E-state index contributed by atoms with van der Waals surface area (Å²) >= 11 is 0. The van der Waals surface area contributed by atoms with Crippen molar-refractivity contribution in [3.8, 4) is 0 Å². The van der Waals surface area contributed by atoms with Crippen LogP contribution in [0.5, 0.6) is 0 Å². The van der Waals surface area contributed by atoms with E-state index in [1.165, 1.54) is 37.9 Å². The van der Waals surface area contributed by atoms with Crippen LogP contribution in [-0.2, 0) is 6.54 Å². The largest absolute Gasteiger partial charge is 0.331 e. The van der Waals surface area contributed by atoms with E-state index < -0.39 is 0 Å². The van der Waals surface area contributed by atoms with Gasteiger partial charge in [-0.2, -0.15) is 0 Å². The molecule has 3 heteroatoms. The lowest BCUT2D eigenvalue weighted by Crippen LogP contribution is -2.46. The smallest absolute Gasteiger partial charge is 0.111 e. The molecule has 0 radical (unpaired) electrons. The Morgan fingerprint density at radius 2 is 1.75 bits per heavy atom. The van der Waals surface area contributed by atoms with Gasteiger partial charge >= 0.3 is 0 Å². The minimum absolute atomic E-state index is 0.493. The van der Waals surface area contributed by atoms with Gasteiger partial charge in [-0.05, 0) is 55.8 Å². The molecule has 110 valence electrons. The van der Waals surface area contributed by atoms with Gasteiger partial charge in [0.25, 0.3) is 0 Å².